The van der Waals surface area contributed by atoms with Crippen molar-refractivity contribution in [3.8, 4) is 11.8 Å². The molecule has 0 spiro atoms. The predicted octanol–water partition coefficient (Wildman–Crippen LogP) is 7.94. The maximum Gasteiger partial charge on any atom is 0.413 e. The average molecular weight is 647 g/mol. The van der Waals surface area contributed by atoms with Gasteiger partial charge in [-0.2, -0.15) is 10.4 Å². The Morgan fingerprint density at radius 1 is 1.12 bits per heavy atom. The summed E-state index contributed by atoms with van der Waals surface area (Å²) in [5.41, 5.74) is -3.36. The molecule has 1 saturated carbocycles. The van der Waals surface area contributed by atoms with E-state index < -0.39 is 78.1 Å². The minimum absolute atomic E-state index is 0.0862. The van der Waals surface area contributed by atoms with Crippen LogP contribution in [-0.2, 0) is 26.3 Å². The Kier molecular flexibility index (Phi) is 6.96. The summed E-state index contributed by atoms with van der Waals surface area (Å²) in [6.45, 7) is -0.799. The van der Waals surface area contributed by atoms with Crippen LogP contribution in [0.15, 0.2) is 35.2 Å². The molecule has 41 heavy (non-hydrogen) atoms. The van der Waals surface area contributed by atoms with Crippen LogP contribution < -0.4 is 5.32 Å². The van der Waals surface area contributed by atoms with Crippen molar-refractivity contribution in [2.24, 2.45) is 0 Å². The zero-order chi connectivity index (χ0) is 30.6. The Morgan fingerprint density at radius 2 is 1.73 bits per heavy atom. The van der Waals surface area contributed by atoms with Gasteiger partial charge in [0.2, 0.25) is 0 Å². The fourth-order valence-electron chi connectivity index (χ4n) is 4.00. The first kappa shape index (κ1) is 30.3. The van der Waals surface area contributed by atoms with Gasteiger partial charge in [0.05, 0.1) is 28.1 Å². The summed E-state index contributed by atoms with van der Waals surface area (Å²) >= 11 is 11.9. The number of halogens is 9. The molecule has 1 fully saturated rings. The highest BCUT2D eigenvalue weighted by molar-refractivity contribution is 8.45. The Morgan fingerprint density at radius 3 is 2.24 bits per heavy atom. The second-order valence-electron chi connectivity index (χ2n) is 8.81. The normalized spacial score (nSPS) is 15.7. The van der Waals surface area contributed by atoms with Crippen molar-refractivity contribution < 1.29 is 47.3 Å². The molecule has 0 unspecified atom stereocenters. The second-order valence-corrected chi connectivity index (χ2v) is 12.0. The first-order chi connectivity index (χ1) is 18.8. The number of ether oxygens (including phenoxy) is 2. The lowest BCUT2D eigenvalue weighted by Gasteiger charge is -2.40. The molecule has 1 N–H and O–H groups in total. The summed E-state index contributed by atoms with van der Waals surface area (Å²) in [6.07, 6.45) is -1.21. The van der Waals surface area contributed by atoms with E-state index in [1.54, 1.807) is 6.07 Å². The maximum atomic E-state index is 14.0. The lowest BCUT2D eigenvalue weighted by atomic mass is 9.95. The SMILES string of the molecule is COC(=O)C1(c2c(C#N)nn(-c3c(Cl)cc(S(F)(F)(F)(F)F)cc3Cl)c2NC(=O)OCc2cc(F)ccc2F)CC1. The van der Waals surface area contributed by atoms with Gasteiger partial charge in [-0.3, -0.25) is 10.1 Å². The van der Waals surface area contributed by atoms with E-state index in [0.29, 0.717) is 4.68 Å². The molecule has 2 aromatic carbocycles. The van der Waals surface area contributed by atoms with Gasteiger partial charge in [-0.1, -0.05) is 42.6 Å². The number of rotatable bonds is 7. The number of carbonyl (C=O) groups is 2. The minimum atomic E-state index is -10.2. The van der Waals surface area contributed by atoms with E-state index >= 15 is 0 Å². The standard InChI is InChI=1S/C23H15Cl2F7N4O4S/c1-39-21(37)23(4-5-23)18-17(9-33)35-36(19-14(24)7-13(8-15(19)25)41(28,29,30,31)32)20(18)34-22(38)40-10-11-6-12(26)2-3-16(11)27/h2-3,6-8H,4-5,10H2,1H3,(H,34,38). The number of hydrogen-bond acceptors (Lipinski definition) is 6. The molecule has 8 nitrogen and oxygen atoms in total. The van der Waals surface area contributed by atoms with Crippen LogP contribution in [0.25, 0.3) is 5.69 Å². The molecule has 220 valence electrons. The molecule has 1 amide bonds. The van der Waals surface area contributed by atoms with E-state index in [4.69, 9.17) is 32.7 Å². The van der Waals surface area contributed by atoms with E-state index in [1.807, 2.05) is 0 Å². The molecule has 0 bridgehead atoms. The number of carbonyl (C=O) groups excluding carboxylic acids is 2. The van der Waals surface area contributed by atoms with Crippen molar-refractivity contribution in [2.45, 2.75) is 29.8 Å². The zero-order valence-electron chi connectivity index (χ0n) is 20.3. The minimum Gasteiger partial charge on any atom is -0.468 e. The van der Waals surface area contributed by atoms with Gasteiger partial charge in [-0.25, -0.2) is 18.3 Å². The zero-order valence-corrected chi connectivity index (χ0v) is 22.6. The summed E-state index contributed by atoms with van der Waals surface area (Å²) in [6, 6.07) is 3.82. The van der Waals surface area contributed by atoms with Gasteiger partial charge in [0.25, 0.3) is 0 Å². The number of aromatic nitrogens is 2. The molecule has 0 saturated heterocycles. The number of methoxy groups -OCH3 is 1. The molecule has 1 heterocycles. The van der Waals surface area contributed by atoms with Crippen LogP contribution in [0.1, 0.15) is 29.7 Å². The number of amides is 1. The molecule has 18 heteroatoms. The molecule has 1 aliphatic carbocycles. The first-order valence-electron chi connectivity index (χ1n) is 11.0. The summed E-state index contributed by atoms with van der Waals surface area (Å²) < 4.78 is 105. The Hall–Kier alpha value is -3.68. The van der Waals surface area contributed by atoms with Crippen molar-refractivity contribution in [2.75, 3.05) is 12.4 Å². The fourth-order valence-corrected chi connectivity index (χ4v) is 5.46. The number of nitrogens with one attached hydrogen (secondary N) is 1. The van der Waals surface area contributed by atoms with E-state index in [0.717, 1.165) is 25.3 Å². The van der Waals surface area contributed by atoms with Crippen LogP contribution in [0.3, 0.4) is 0 Å². The third-order valence-corrected chi connectivity index (χ3v) is 7.73. The number of nitrogens with zero attached hydrogens (tertiary/aromatic N) is 3. The molecule has 0 radical (unpaired) electrons. The highest BCUT2D eigenvalue weighted by Gasteiger charge is 2.66. The lowest BCUT2D eigenvalue weighted by molar-refractivity contribution is -0.143. The van der Waals surface area contributed by atoms with Gasteiger partial charge < -0.3 is 9.47 Å². The average Bonchev–Trinajstić information content (AvgIpc) is 3.59. The van der Waals surface area contributed by atoms with Crippen LogP contribution >= 0.6 is 33.4 Å². The van der Waals surface area contributed by atoms with E-state index in [2.05, 4.69) is 10.4 Å². The van der Waals surface area contributed by atoms with E-state index in [-0.39, 0.29) is 36.1 Å². The molecular weight excluding hydrogens is 632 g/mol. The van der Waals surface area contributed by atoms with Gasteiger partial charge in [-0.05, 0) is 43.2 Å². The number of anilines is 1. The van der Waals surface area contributed by atoms with Gasteiger partial charge in [0.1, 0.15) is 40.7 Å². The van der Waals surface area contributed by atoms with Crippen LogP contribution in [0.5, 0.6) is 0 Å². The Bertz CT molecular complexity index is 1630. The van der Waals surface area contributed by atoms with Crippen molar-refractivity contribution in [1.82, 2.24) is 9.78 Å². The number of benzene rings is 2. The third-order valence-electron chi connectivity index (χ3n) is 6.03. The fraction of sp³-hybridized carbons (Fsp3) is 0.217. The quantitative estimate of drug-likeness (QED) is 0.206. The molecule has 0 atom stereocenters. The Balaban J connectivity index is 1.85. The highest BCUT2D eigenvalue weighted by Crippen LogP contribution is 3.02. The molecular formula is C23H15Cl2F7N4O4S. The van der Waals surface area contributed by atoms with Crippen molar-refractivity contribution in [1.29, 1.82) is 5.26 Å². The molecule has 4 rings (SSSR count). The number of nitriles is 1. The van der Waals surface area contributed by atoms with E-state index in [9.17, 15) is 43.1 Å². The number of esters is 1. The molecule has 0 aliphatic heterocycles. The number of hydrogen-bond donors (Lipinski definition) is 1. The van der Waals surface area contributed by atoms with Gasteiger partial charge in [0.15, 0.2) is 5.69 Å². The summed E-state index contributed by atoms with van der Waals surface area (Å²) in [5.74, 6) is -3.17. The van der Waals surface area contributed by atoms with Crippen LogP contribution in [-0.4, -0.2) is 29.0 Å². The predicted molar refractivity (Wildman–Crippen MR) is 133 cm³/mol. The maximum absolute atomic E-state index is 14.0. The second kappa shape index (κ2) is 9.43. The Labute approximate surface area is 236 Å². The van der Waals surface area contributed by atoms with Crippen LogP contribution in [0.4, 0.5) is 38.8 Å². The van der Waals surface area contributed by atoms with Crippen molar-refractivity contribution in [3.05, 3.63) is 68.8 Å². The third kappa shape index (κ3) is 5.88. The highest BCUT2D eigenvalue weighted by atomic mass is 35.5. The topological polar surface area (TPSA) is 106 Å². The van der Waals surface area contributed by atoms with Crippen LogP contribution in [0.2, 0.25) is 10.0 Å². The summed E-state index contributed by atoms with van der Waals surface area (Å²) in [7, 11) is -9.21. The summed E-state index contributed by atoms with van der Waals surface area (Å²) in [5, 5.41) is 13.8. The first-order valence-corrected chi connectivity index (χ1v) is 13.8. The molecule has 1 aliphatic rings. The molecule has 1 aromatic heterocycles. The van der Waals surface area contributed by atoms with Crippen molar-refractivity contribution in [3.63, 3.8) is 0 Å². The van der Waals surface area contributed by atoms with Gasteiger partial charge in [-0.15, -0.1) is 0 Å². The van der Waals surface area contributed by atoms with Gasteiger partial charge in [0, 0.05) is 5.56 Å². The lowest BCUT2D eigenvalue weighted by Crippen LogP contribution is -2.25. The van der Waals surface area contributed by atoms with Crippen molar-refractivity contribution >= 4 is 51.3 Å². The van der Waals surface area contributed by atoms with E-state index in [1.165, 1.54) is 0 Å². The van der Waals surface area contributed by atoms with Crippen LogP contribution in [0, 0.1) is 23.0 Å². The summed E-state index contributed by atoms with van der Waals surface area (Å²) in [4.78, 5) is 23.0. The van der Waals surface area contributed by atoms with Gasteiger partial charge >= 0.3 is 22.3 Å². The monoisotopic (exact) mass is 646 g/mol. The largest absolute Gasteiger partial charge is 0.468 e. The molecule has 3 aromatic rings. The smallest absolute Gasteiger partial charge is 0.413 e.